The van der Waals surface area contributed by atoms with Crippen LogP contribution in [0.4, 0.5) is 11.4 Å². The number of fused-ring (bicyclic) bond motifs is 1. The number of ether oxygens (including phenoxy) is 2. The third-order valence-electron chi connectivity index (χ3n) is 3.08. The van der Waals surface area contributed by atoms with Crippen LogP contribution in [0.25, 0.3) is 0 Å². The summed E-state index contributed by atoms with van der Waals surface area (Å²) in [5, 5.41) is 5.42. The molecule has 0 aliphatic carbocycles. The molecule has 0 bridgehead atoms. The van der Waals surface area contributed by atoms with Gasteiger partial charge in [-0.15, -0.1) is 0 Å². The Labute approximate surface area is 127 Å². The van der Waals surface area contributed by atoms with Crippen molar-refractivity contribution in [1.29, 1.82) is 0 Å². The number of carbonyl (C=O) groups is 2. The molecular weight excluding hydrogens is 284 g/mol. The van der Waals surface area contributed by atoms with Crippen LogP contribution in [0.15, 0.2) is 42.5 Å². The van der Waals surface area contributed by atoms with Crippen molar-refractivity contribution in [2.45, 2.75) is 6.92 Å². The van der Waals surface area contributed by atoms with E-state index < -0.39 is 0 Å². The summed E-state index contributed by atoms with van der Waals surface area (Å²) in [5.74, 6) is 0.801. The van der Waals surface area contributed by atoms with E-state index in [-0.39, 0.29) is 18.6 Å². The normalized spacial score (nSPS) is 11.9. The van der Waals surface area contributed by atoms with Crippen LogP contribution < -0.4 is 20.1 Å². The highest BCUT2D eigenvalue weighted by Crippen LogP contribution is 2.34. The summed E-state index contributed by atoms with van der Waals surface area (Å²) in [5.41, 5.74) is 1.63. The van der Waals surface area contributed by atoms with Gasteiger partial charge in [-0.3, -0.25) is 9.59 Å². The van der Waals surface area contributed by atoms with Crippen molar-refractivity contribution in [1.82, 2.24) is 0 Å². The van der Waals surface area contributed by atoms with Crippen molar-refractivity contribution in [2.24, 2.45) is 0 Å². The van der Waals surface area contributed by atoms with Gasteiger partial charge in [0.1, 0.15) is 0 Å². The highest BCUT2D eigenvalue weighted by Gasteiger charge is 2.14. The first-order valence-corrected chi connectivity index (χ1v) is 6.70. The van der Waals surface area contributed by atoms with Crippen LogP contribution in [0.5, 0.6) is 11.5 Å². The summed E-state index contributed by atoms with van der Waals surface area (Å²) < 4.78 is 10.5. The monoisotopic (exact) mass is 298 g/mol. The second-order valence-corrected chi connectivity index (χ2v) is 4.78. The van der Waals surface area contributed by atoms with Gasteiger partial charge in [0.05, 0.1) is 0 Å². The minimum Gasteiger partial charge on any atom is -0.454 e. The fourth-order valence-corrected chi connectivity index (χ4v) is 2.12. The highest BCUT2D eigenvalue weighted by molar-refractivity contribution is 6.05. The number of amides is 2. The van der Waals surface area contributed by atoms with Gasteiger partial charge >= 0.3 is 0 Å². The minimum atomic E-state index is -0.272. The molecule has 0 fully saturated rings. The van der Waals surface area contributed by atoms with Gasteiger partial charge in [-0.25, -0.2) is 0 Å². The van der Waals surface area contributed by atoms with E-state index in [0.29, 0.717) is 28.4 Å². The molecule has 0 saturated heterocycles. The summed E-state index contributed by atoms with van der Waals surface area (Å²) in [7, 11) is 0. The Morgan fingerprint density at radius 3 is 2.55 bits per heavy atom. The fraction of sp³-hybridized carbons (Fsp3) is 0.125. The molecule has 6 nitrogen and oxygen atoms in total. The maximum atomic E-state index is 12.3. The lowest BCUT2D eigenvalue weighted by Gasteiger charge is -2.08. The van der Waals surface area contributed by atoms with E-state index in [4.69, 9.17) is 9.47 Å². The third kappa shape index (κ3) is 3.01. The molecule has 0 saturated carbocycles. The molecule has 0 atom stereocenters. The van der Waals surface area contributed by atoms with E-state index in [1.165, 1.54) is 6.92 Å². The van der Waals surface area contributed by atoms with Gasteiger partial charge < -0.3 is 20.1 Å². The Morgan fingerprint density at radius 1 is 0.955 bits per heavy atom. The number of hydrogen-bond acceptors (Lipinski definition) is 4. The number of anilines is 2. The molecular formula is C16H14N2O4. The van der Waals surface area contributed by atoms with Crippen LogP contribution in [0.2, 0.25) is 0 Å². The summed E-state index contributed by atoms with van der Waals surface area (Å²) >= 11 is 0. The number of rotatable bonds is 3. The van der Waals surface area contributed by atoms with Gasteiger partial charge in [-0.05, 0) is 30.3 Å². The molecule has 1 heterocycles. The zero-order valence-corrected chi connectivity index (χ0v) is 11.9. The Bertz CT molecular complexity index is 743. The van der Waals surface area contributed by atoms with Gasteiger partial charge in [0.15, 0.2) is 11.5 Å². The molecule has 2 amide bonds. The van der Waals surface area contributed by atoms with Crippen LogP contribution in [0.3, 0.4) is 0 Å². The first-order chi connectivity index (χ1) is 10.6. The Kier molecular flexibility index (Phi) is 3.65. The molecule has 2 aromatic carbocycles. The first kappa shape index (κ1) is 13.9. The van der Waals surface area contributed by atoms with Gasteiger partial charge in [0.25, 0.3) is 5.91 Å². The van der Waals surface area contributed by atoms with Crippen molar-refractivity contribution in [2.75, 3.05) is 17.4 Å². The summed E-state index contributed by atoms with van der Waals surface area (Å²) in [6.07, 6.45) is 0. The predicted octanol–water partition coefficient (Wildman–Crippen LogP) is 2.63. The zero-order valence-electron chi connectivity index (χ0n) is 11.9. The van der Waals surface area contributed by atoms with Crippen molar-refractivity contribution >= 4 is 23.2 Å². The molecule has 2 aromatic rings. The smallest absolute Gasteiger partial charge is 0.255 e. The maximum Gasteiger partial charge on any atom is 0.255 e. The third-order valence-corrected chi connectivity index (χ3v) is 3.08. The Morgan fingerprint density at radius 2 is 1.73 bits per heavy atom. The molecule has 0 spiro atoms. The van der Waals surface area contributed by atoms with Crippen molar-refractivity contribution in [3.63, 3.8) is 0 Å². The predicted molar refractivity (Wildman–Crippen MR) is 81.3 cm³/mol. The minimum absolute atomic E-state index is 0.186. The average molecular weight is 298 g/mol. The molecule has 1 aliphatic rings. The number of nitrogens with one attached hydrogen (secondary N) is 2. The van der Waals surface area contributed by atoms with Crippen LogP contribution >= 0.6 is 0 Å². The summed E-state index contributed by atoms with van der Waals surface area (Å²) in [6.45, 7) is 1.60. The van der Waals surface area contributed by atoms with Gasteiger partial charge in [-0.2, -0.15) is 0 Å². The maximum absolute atomic E-state index is 12.3. The average Bonchev–Trinajstić information content (AvgIpc) is 2.94. The lowest BCUT2D eigenvalue weighted by Crippen LogP contribution is -2.13. The van der Waals surface area contributed by atoms with E-state index in [1.54, 1.807) is 42.5 Å². The molecule has 1 aliphatic heterocycles. The van der Waals surface area contributed by atoms with Gasteiger partial charge in [-0.1, -0.05) is 6.07 Å². The van der Waals surface area contributed by atoms with E-state index in [0.717, 1.165) is 0 Å². The lowest BCUT2D eigenvalue weighted by molar-refractivity contribution is -0.114. The molecule has 112 valence electrons. The standard InChI is InChI=1S/C16H14N2O4/c1-10(19)17-12-4-2-3-11(7-12)16(20)18-13-5-6-14-15(8-13)22-9-21-14/h2-8H,9H2,1H3,(H,17,19)(H,18,20). The number of hydrogen-bond donors (Lipinski definition) is 2. The van der Waals surface area contributed by atoms with E-state index >= 15 is 0 Å². The molecule has 2 N–H and O–H groups in total. The fourth-order valence-electron chi connectivity index (χ4n) is 2.12. The second kappa shape index (κ2) is 5.77. The summed E-state index contributed by atoms with van der Waals surface area (Å²) in [4.78, 5) is 23.3. The molecule has 6 heteroatoms. The number of benzene rings is 2. The van der Waals surface area contributed by atoms with Crippen LogP contribution in [-0.4, -0.2) is 18.6 Å². The van der Waals surface area contributed by atoms with E-state index in [2.05, 4.69) is 10.6 Å². The van der Waals surface area contributed by atoms with Crippen LogP contribution in [-0.2, 0) is 4.79 Å². The molecule has 22 heavy (non-hydrogen) atoms. The lowest BCUT2D eigenvalue weighted by atomic mass is 10.1. The molecule has 0 aromatic heterocycles. The van der Waals surface area contributed by atoms with Crippen LogP contribution in [0, 0.1) is 0 Å². The SMILES string of the molecule is CC(=O)Nc1cccc(C(=O)Nc2ccc3c(c2)OCO3)c1. The van der Waals surface area contributed by atoms with E-state index in [1.807, 2.05) is 0 Å². The van der Waals surface area contributed by atoms with Gasteiger partial charge in [0.2, 0.25) is 12.7 Å². The Balaban J connectivity index is 1.75. The van der Waals surface area contributed by atoms with Crippen molar-refractivity contribution < 1.29 is 19.1 Å². The Hall–Kier alpha value is -3.02. The molecule has 0 unspecified atom stereocenters. The highest BCUT2D eigenvalue weighted by atomic mass is 16.7. The molecule has 0 radical (unpaired) electrons. The van der Waals surface area contributed by atoms with E-state index in [9.17, 15) is 9.59 Å². The largest absolute Gasteiger partial charge is 0.454 e. The quantitative estimate of drug-likeness (QED) is 0.913. The molecule has 3 rings (SSSR count). The van der Waals surface area contributed by atoms with Crippen LogP contribution in [0.1, 0.15) is 17.3 Å². The van der Waals surface area contributed by atoms with Gasteiger partial charge in [0, 0.05) is 29.9 Å². The zero-order chi connectivity index (χ0) is 15.5. The second-order valence-electron chi connectivity index (χ2n) is 4.78. The summed E-state index contributed by atoms with van der Waals surface area (Å²) in [6, 6.07) is 11.9. The number of carbonyl (C=O) groups excluding carboxylic acids is 2. The first-order valence-electron chi connectivity index (χ1n) is 6.70. The van der Waals surface area contributed by atoms with Crippen molar-refractivity contribution in [3.05, 3.63) is 48.0 Å². The topological polar surface area (TPSA) is 76.7 Å². The van der Waals surface area contributed by atoms with Crippen molar-refractivity contribution in [3.8, 4) is 11.5 Å².